The van der Waals surface area contributed by atoms with Crippen molar-refractivity contribution in [2.75, 3.05) is 20.2 Å². The lowest BCUT2D eigenvalue weighted by atomic mass is 9.89. The van der Waals surface area contributed by atoms with Crippen LogP contribution in [0.3, 0.4) is 0 Å². The summed E-state index contributed by atoms with van der Waals surface area (Å²) in [5.74, 6) is 1.12. The molecule has 0 radical (unpaired) electrons. The Morgan fingerprint density at radius 1 is 1.22 bits per heavy atom. The molecule has 1 amide bonds. The van der Waals surface area contributed by atoms with Gasteiger partial charge in [0, 0.05) is 38.6 Å². The van der Waals surface area contributed by atoms with Crippen molar-refractivity contribution in [3.63, 3.8) is 0 Å². The largest absolute Gasteiger partial charge is 0.378 e. The number of amides is 1. The number of carbonyl (C=O) groups is 1. The molecule has 0 atom stereocenters. The van der Waals surface area contributed by atoms with Gasteiger partial charge in [-0.15, -0.1) is 5.10 Å². The average molecular weight is 438 g/mol. The molecule has 32 heavy (non-hydrogen) atoms. The molecule has 2 aliphatic heterocycles. The van der Waals surface area contributed by atoms with E-state index >= 15 is 0 Å². The first kappa shape index (κ1) is 20.8. The van der Waals surface area contributed by atoms with Crippen LogP contribution in [0.1, 0.15) is 36.5 Å². The molecular formula is C22H26N6O4. The first-order valence-electron chi connectivity index (χ1n) is 10.9. The lowest BCUT2D eigenvalue weighted by molar-refractivity contribution is -0.146. The van der Waals surface area contributed by atoms with Gasteiger partial charge < -0.3 is 18.9 Å². The summed E-state index contributed by atoms with van der Waals surface area (Å²) in [6.07, 6.45) is 2.33. The van der Waals surface area contributed by atoms with E-state index in [1.807, 2.05) is 39.9 Å². The number of ether oxygens (including phenoxy) is 2. The van der Waals surface area contributed by atoms with E-state index in [9.17, 15) is 4.79 Å². The van der Waals surface area contributed by atoms with Crippen LogP contribution in [0.25, 0.3) is 11.4 Å². The third-order valence-electron chi connectivity index (χ3n) is 6.23. The molecule has 0 bridgehead atoms. The molecule has 10 nitrogen and oxygen atoms in total. The highest BCUT2D eigenvalue weighted by Crippen LogP contribution is 2.33. The van der Waals surface area contributed by atoms with Crippen LogP contribution in [0.5, 0.6) is 0 Å². The van der Waals surface area contributed by atoms with Crippen molar-refractivity contribution in [3.8, 4) is 11.4 Å². The van der Waals surface area contributed by atoms with Gasteiger partial charge in [0.1, 0.15) is 5.69 Å². The summed E-state index contributed by atoms with van der Waals surface area (Å²) in [6, 6.07) is 9.65. The second-order valence-corrected chi connectivity index (χ2v) is 8.30. The fourth-order valence-corrected chi connectivity index (χ4v) is 4.34. The van der Waals surface area contributed by atoms with Crippen LogP contribution in [0.2, 0.25) is 0 Å². The Labute approximate surface area is 185 Å². The number of aromatic nitrogens is 5. The maximum absolute atomic E-state index is 12.7. The number of methoxy groups -OCH3 is 1. The Morgan fingerprint density at radius 2 is 2.03 bits per heavy atom. The topological polar surface area (TPSA) is 108 Å². The van der Waals surface area contributed by atoms with E-state index in [2.05, 4.69) is 20.5 Å². The number of likely N-dealkylation sites (tertiary alicyclic amines) is 1. The van der Waals surface area contributed by atoms with Crippen LogP contribution in [0.4, 0.5) is 0 Å². The van der Waals surface area contributed by atoms with E-state index < -0.39 is 0 Å². The third kappa shape index (κ3) is 4.15. The summed E-state index contributed by atoms with van der Waals surface area (Å²) in [4.78, 5) is 19.1. The lowest BCUT2D eigenvalue weighted by Gasteiger charge is -2.43. The number of piperidine rings is 1. The summed E-state index contributed by atoms with van der Waals surface area (Å²) in [5.41, 5.74) is 2.41. The molecule has 3 aromatic rings. The van der Waals surface area contributed by atoms with Crippen molar-refractivity contribution in [1.82, 2.24) is 30.0 Å². The molecule has 2 aliphatic rings. The van der Waals surface area contributed by atoms with Crippen molar-refractivity contribution in [1.29, 1.82) is 0 Å². The standard InChI is InChI=1S/C22H26N6O4/c1-30-13-17-18-14-31-22(15-28(18)26-24-17)9-11-27(12-10-22)20(29)8-7-19-23-21(25-32-19)16-5-3-2-4-6-16/h2-6H,7-15H2,1H3. The quantitative estimate of drug-likeness (QED) is 0.575. The second-order valence-electron chi connectivity index (χ2n) is 8.30. The van der Waals surface area contributed by atoms with Crippen molar-refractivity contribution in [2.45, 2.75) is 51.0 Å². The number of hydrogen-bond acceptors (Lipinski definition) is 8. The van der Waals surface area contributed by atoms with Gasteiger partial charge in [-0.3, -0.25) is 4.79 Å². The number of nitrogens with zero attached hydrogens (tertiary/aromatic N) is 6. The highest BCUT2D eigenvalue weighted by atomic mass is 16.5. The highest BCUT2D eigenvalue weighted by Gasteiger charge is 2.41. The van der Waals surface area contributed by atoms with Gasteiger partial charge in [0.05, 0.1) is 31.1 Å². The van der Waals surface area contributed by atoms with Crippen molar-refractivity contribution >= 4 is 5.91 Å². The van der Waals surface area contributed by atoms with Crippen LogP contribution in [-0.4, -0.2) is 61.7 Å². The third-order valence-corrected chi connectivity index (χ3v) is 6.23. The molecule has 4 heterocycles. The number of fused-ring (bicyclic) bond motifs is 1. The lowest BCUT2D eigenvalue weighted by Crippen LogP contribution is -2.52. The zero-order chi connectivity index (χ0) is 22.0. The van der Waals surface area contributed by atoms with Gasteiger partial charge in [-0.2, -0.15) is 4.98 Å². The predicted octanol–water partition coefficient (Wildman–Crippen LogP) is 2.00. The molecule has 0 aliphatic carbocycles. The predicted molar refractivity (Wildman–Crippen MR) is 112 cm³/mol. The number of carbonyl (C=O) groups excluding carboxylic acids is 1. The van der Waals surface area contributed by atoms with E-state index in [-0.39, 0.29) is 11.5 Å². The molecule has 1 spiro atoms. The molecule has 0 saturated carbocycles. The van der Waals surface area contributed by atoms with Crippen LogP contribution < -0.4 is 0 Å². The molecule has 1 saturated heterocycles. The number of benzene rings is 1. The fraction of sp³-hybridized carbons (Fsp3) is 0.500. The Balaban J connectivity index is 1.13. The normalized spacial score (nSPS) is 17.5. The second kappa shape index (κ2) is 8.79. The smallest absolute Gasteiger partial charge is 0.227 e. The minimum atomic E-state index is -0.293. The molecule has 2 aromatic heterocycles. The zero-order valence-electron chi connectivity index (χ0n) is 18.1. The minimum Gasteiger partial charge on any atom is -0.378 e. The van der Waals surface area contributed by atoms with Gasteiger partial charge in [-0.1, -0.05) is 40.7 Å². The Kier molecular flexibility index (Phi) is 5.71. The van der Waals surface area contributed by atoms with Gasteiger partial charge in [0.2, 0.25) is 17.6 Å². The fourth-order valence-electron chi connectivity index (χ4n) is 4.34. The van der Waals surface area contributed by atoms with Gasteiger partial charge in [-0.25, -0.2) is 4.68 Å². The Hall–Kier alpha value is -3.11. The summed E-state index contributed by atoms with van der Waals surface area (Å²) >= 11 is 0. The van der Waals surface area contributed by atoms with Crippen LogP contribution in [-0.2, 0) is 40.4 Å². The molecule has 168 valence electrons. The molecule has 1 aromatic carbocycles. The van der Waals surface area contributed by atoms with Crippen molar-refractivity contribution in [2.24, 2.45) is 0 Å². The first-order chi connectivity index (χ1) is 15.7. The van der Waals surface area contributed by atoms with E-state index in [1.54, 1.807) is 7.11 Å². The molecule has 0 unspecified atom stereocenters. The molecular weight excluding hydrogens is 412 g/mol. The SMILES string of the molecule is COCc1nnn2c1COC1(CCN(C(=O)CCc3nc(-c4ccccc4)no3)CC1)C2. The first-order valence-corrected chi connectivity index (χ1v) is 10.9. The molecule has 0 N–H and O–H groups in total. The van der Waals surface area contributed by atoms with Gasteiger partial charge in [0.25, 0.3) is 0 Å². The minimum absolute atomic E-state index is 0.0962. The van der Waals surface area contributed by atoms with Crippen molar-refractivity contribution < 1.29 is 18.8 Å². The van der Waals surface area contributed by atoms with Crippen LogP contribution >= 0.6 is 0 Å². The van der Waals surface area contributed by atoms with Gasteiger partial charge in [0.15, 0.2) is 0 Å². The summed E-state index contributed by atoms with van der Waals surface area (Å²) in [5, 5.41) is 12.5. The van der Waals surface area contributed by atoms with Crippen molar-refractivity contribution in [3.05, 3.63) is 47.6 Å². The maximum atomic E-state index is 12.7. The molecule has 1 fully saturated rings. The average Bonchev–Trinajstić information content (AvgIpc) is 3.46. The monoisotopic (exact) mass is 438 g/mol. The Morgan fingerprint density at radius 3 is 2.81 bits per heavy atom. The molecule has 5 rings (SSSR count). The Bertz CT molecular complexity index is 1070. The van der Waals surface area contributed by atoms with Gasteiger partial charge >= 0.3 is 0 Å². The number of rotatable bonds is 6. The number of hydrogen-bond donors (Lipinski definition) is 0. The summed E-state index contributed by atoms with van der Waals surface area (Å²) < 4.78 is 18.7. The van der Waals surface area contributed by atoms with Crippen LogP contribution in [0, 0.1) is 0 Å². The van der Waals surface area contributed by atoms with E-state index in [0.717, 1.165) is 29.8 Å². The number of aryl methyl sites for hydroxylation is 1. The zero-order valence-corrected chi connectivity index (χ0v) is 18.1. The van der Waals surface area contributed by atoms with E-state index in [4.69, 9.17) is 14.0 Å². The van der Waals surface area contributed by atoms with E-state index in [1.165, 1.54) is 0 Å². The highest BCUT2D eigenvalue weighted by molar-refractivity contribution is 5.76. The summed E-state index contributed by atoms with van der Waals surface area (Å²) in [6.45, 7) is 2.88. The van der Waals surface area contributed by atoms with Gasteiger partial charge in [-0.05, 0) is 12.8 Å². The molecule has 10 heteroatoms. The van der Waals surface area contributed by atoms with E-state index in [0.29, 0.717) is 57.4 Å². The van der Waals surface area contributed by atoms with Crippen LogP contribution in [0.15, 0.2) is 34.9 Å². The maximum Gasteiger partial charge on any atom is 0.227 e. The summed E-state index contributed by atoms with van der Waals surface area (Å²) in [7, 11) is 1.64.